The van der Waals surface area contributed by atoms with E-state index in [0.29, 0.717) is 11.6 Å². The first-order valence-electron chi connectivity index (χ1n) is 7.61. The minimum Gasteiger partial charge on any atom is -0.494 e. The van der Waals surface area contributed by atoms with Crippen molar-refractivity contribution in [1.82, 2.24) is 19.9 Å². The molecule has 2 aromatic rings. The number of nitrogens with two attached hydrogens (primary N) is 1. The van der Waals surface area contributed by atoms with E-state index in [-0.39, 0.29) is 17.6 Å². The molecule has 9 heteroatoms. The molecule has 1 aliphatic rings. The van der Waals surface area contributed by atoms with Crippen molar-refractivity contribution in [2.45, 2.75) is 0 Å². The summed E-state index contributed by atoms with van der Waals surface area (Å²) in [6, 6.07) is 4.52. The van der Waals surface area contributed by atoms with Crippen LogP contribution in [0.1, 0.15) is 0 Å². The van der Waals surface area contributed by atoms with E-state index in [9.17, 15) is 4.39 Å². The van der Waals surface area contributed by atoms with Crippen LogP contribution in [0, 0.1) is 5.82 Å². The number of aromatic nitrogens is 3. The second-order valence-electron chi connectivity index (χ2n) is 5.58. The fourth-order valence-electron chi connectivity index (χ4n) is 2.46. The van der Waals surface area contributed by atoms with Crippen LogP contribution in [0.2, 0.25) is 0 Å². The summed E-state index contributed by atoms with van der Waals surface area (Å²) >= 11 is 0. The third kappa shape index (κ3) is 3.62. The number of halogens is 1. The van der Waals surface area contributed by atoms with Gasteiger partial charge in [0.15, 0.2) is 11.6 Å². The highest BCUT2D eigenvalue weighted by Gasteiger charge is 2.18. The van der Waals surface area contributed by atoms with Crippen LogP contribution < -0.4 is 20.7 Å². The highest BCUT2D eigenvalue weighted by molar-refractivity contribution is 5.57. The Labute approximate surface area is 139 Å². The van der Waals surface area contributed by atoms with Gasteiger partial charge < -0.3 is 25.6 Å². The number of rotatable bonds is 4. The molecule has 1 fully saturated rings. The van der Waals surface area contributed by atoms with Crippen LogP contribution in [-0.2, 0) is 0 Å². The highest BCUT2D eigenvalue weighted by Crippen LogP contribution is 2.23. The molecule has 0 saturated carbocycles. The number of piperazine rings is 1. The van der Waals surface area contributed by atoms with Crippen LogP contribution in [0.15, 0.2) is 18.2 Å². The largest absolute Gasteiger partial charge is 0.494 e. The summed E-state index contributed by atoms with van der Waals surface area (Å²) in [7, 11) is 3.49. The van der Waals surface area contributed by atoms with Crippen molar-refractivity contribution in [3.63, 3.8) is 0 Å². The SMILES string of the molecule is COc1ccc(Nc2nc(N)nc(N3CCN(C)CC3)n2)cc1F. The minimum atomic E-state index is -0.469. The molecule has 1 aromatic heterocycles. The third-order valence-corrected chi connectivity index (χ3v) is 3.83. The maximum Gasteiger partial charge on any atom is 0.233 e. The van der Waals surface area contributed by atoms with Crippen molar-refractivity contribution in [3.05, 3.63) is 24.0 Å². The Bertz CT molecular complexity index is 719. The van der Waals surface area contributed by atoms with Gasteiger partial charge in [-0.05, 0) is 19.2 Å². The van der Waals surface area contributed by atoms with E-state index in [1.165, 1.54) is 19.2 Å². The van der Waals surface area contributed by atoms with Gasteiger partial charge in [0.25, 0.3) is 0 Å². The van der Waals surface area contributed by atoms with Gasteiger partial charge in [-0.1, -0.05) is 0 Å². The second kappa shape index (κ2) is 6.83. The van der Waals surface area contributed by atoms with Gasteiger partial charge in [0.05, 0.1) is 7.11 Å². The van der Waals surface area contributed by atoms with Crippen molar-refractivity contribution in [2.75, 3.05) is 56.3 Å². The quantitative estimate of drug-likeness (QED) is 0.859. The van der Waals surface area contributed by atoms with Gasteiger partial charge in [-0.15, -0.1) is 0 Å². The lowest BCUT2D eigenvalue weighted by molar-refractivity contribution is 0.311. The van der Waals surface area contributed by atoms with E-state index in [0.717, 1.165) is 26.2 Å². The Kier molecular flexibility index (Phi) is 4.61. The van der Waals surface area contributed by atoms with Crippen molar-refractivity contribution in [3.8, 4) is 5.75 Å². The number of ether oxygens (including phenoxy) is 1. The maximum atomic E-state index is 13.8. The molecule has 0 aliphatic carbocycles. The van der Waals surface area contributed by atoms with Crippen molar-refractivity contribution >= 4 is 23.5 Å². The molecule has 0 atom stereocenters. The second-order valence-corrected chi connectivity index (χ2v) is 5.58. The molecule has 1 saturated heterocycles. The number of methoxy groups -OCH3 is 1. The van der Waals surface area contributed by atoms with E-state index < -0.39 is 5.82 Å². The molecular formula is C15H20FN7O. The summed E-state index contributed by atoms with van der Waals surface area (Å²) in [5.41, 5.74) is 6.29. The molecule has 2 heterocycles. The summed E-state index contributed by atoms with van der Waals surface area (Å²) in [4.78, 5) is 16.9. The van der Waals surface area contributed by atoms with Gasteiger partial charge in [0.1, 0.15) is 0 Å². The minimum absolute atomic E-state index is 0.121. The Hall–Kier alpha value is -2.68. The molecular weight excluding hydrogens is 313 g/mol. The van der Waals surface area contributed by atoms with Crippen LogP contribution in [0.4, 0.5) is 27.9 Å². The molecule has 0 amide bonds. The van der Waals surface area contributed by atoms with Gasteiger partial charge in [-0.3, -0.25) is 0 Å². The zero-order valence-electron chi connectivity index (χ0n) is 13.7. The van der Waals surface area contributed by atoms with Gasteiger partial charge in [-0.25, -0.2) is 4.39 Å². The summed E-state index contributed by atoms with van der Waals surface area (Å²) in [6.07, 6.45) is 0. The Balaban J connectivity index is 1.80. The zero-order valence-corrected chi connectivity index (χ0v) is 13.7. The highest BCUT2D eigenvalue weighted by atomic mass is 19.1. The lowest BCUT2D eigenvalue weighted by atomic mass is 10.3. The first-order valence-corrected chi connectivity index (χ1v) is 7.61. The monoisotopic (exact) mass is 333 g/mol. The molecule has 1 aliphatic heterocycles. The molecule has 3 N–H and O–H groups in total. The first kappa shape index (κ1) is 16.2. The van der Waals surface area contributed by atoms with Gasteiger partial charge in [-0.2, -0.15) is 15.0 Å². The van der Waals surface area contributed by atoms with Crippen molar-refractivity contribution in [2.24, 2.45) is 0 Å². The molecule has 24 heavy (non-hydrogen) atoms. The van der Waals surface area contributed by atoms with Crippen LogP contribution >= 0.6 is 0 Å². The van der Waals surface area contributed by atoms with Gasteiger partial charge in [0, 0.05) is 37.9 Å². The van der Waals surface area contributed by atoms with Crippen LogP contribution in [-0.4, -0.2) is 60.2 Å². The lowest BCUT2D eigenvalue weighted by Gasteiger charge is -2.32. The number of benzene rings is 1. The number of nitrogen functional groups attached to an aromatic ring is 1. The normalized spacial score (nSPS) is 15.4. The van der Waals surface area contributed by atoms with E-state index in [4.69, 9.17) is 10.5 Å². The summed E-state index contributed by atoms with van der Waals surface area (Å²) in [5, 5.41) is 2.95. The molecule has 0 bridgehead atoms. The number of likely N-dealkylation sites (N-methyl/N-ethyl adjacent to an activating group) is 1. The topological polar surface area (TPSA) is 92.4 Å². The van der Waals surface area contributed by atoms with Gasteiger partial charge in [0.2, 0.25) is 17.8 Å². The molecule has 8 nitrogen and oxygen atoms in total. The zero-order chi connectivity index (χ0) is 17.1. The van der Waals surface area contributed by atoms with E-state index in [2.05, 4.69) is 37.1 Å². The predicted molar refractivity (Wildman–Crippen MR) is 90.2 cm³/mol. The van der Waals surface area contributed by atoms with Gasteiger partial charge >= 0.3 is 0 Å². The molecule has 0 radical (unpaired) electrons. The lowest BCUT2D eigenvalue weighted by Crippen LogP contribution is -2.45. The molecule has 1 aromatic carbocycles. The average Bonchev–Trinajstić information content (AvgIpc) is 2.55. The smallest absolute Gasteiger partial charge is 0.233 e. The Morgan fingerprint density at radius 1 is 1.17 bits per heavy atom. The van der Waals surface area contributed by atoms with E-state index >= 15 is 0 Å². The number of nitrogens with one attached hydrogen (secondary N) is 1. The van der Waals surface area contributed by atoms with E-state index in [1.807, 2.05) is 0 Å². The number of hydrogen-bond donors (Lipinski definition) is 2. The Morgan fingerprint density at radius 3 is 2.58 bits per heavy atom. The fourth-order valence-corrected chi connectivity index (χ4v) is 2.46. The van der Waals surface area contributed by atoms with Crippen LogP contribution in [0.3, 0.4) is 0 Å². The molecule has 0 spiro atoms. The average molecular weight is 333 g/mol. The summed E-state index contributed by atoms with van der Waals surface area (Å²) in [5.74, 6) is 0.626. The standard InChI is InChI=1S/C15H20FN7O/c1-22-5-7-23(8-6-22)15-20-13(17)19-14(21-15)18-10-3-4-12(24-2)11(16)9-10/h3-4,9H,5-8H2,1-2H3,(H3,17,18,19,20,21). The maximum absolute atomic E-state index is 13.8. The molecule has 0 unspecified atom stereocenters. The summed E-state index contributed by atoms with van der Waals surface area (Å²) < 4.78 is 18.7. The predicted octanol–water partition coefficient (Wildman–Crippen LogP) is 1.10. The number of hydrogen-bond acceptors (Lipinski definition) is 8. The Morgan fingerprint density at radius 2 is 1.92 bits per heavy atom. The van der Waals surface area contributed by atoms with Crippen LogP contribution in [0.25, 0.3) is 0 Å². The number of anilines is 4. The third-order valence-electron chi connectivity index (χ3n) is 3.83. The van der Waals surface area contributed by atoms with Crippen molar-refractivity contribution in [1.29, 1.82) is 0 Å². The van der Waals surface area contributed by atoms with Crippen molar-refractivity contribution < 1.29 is 9.13 Å². The fraction of sp³-hybridized carbons (Fsp3) is 0.400. The van der Waals surface area contributed by atoms with Crippen LogP contribution in [0.5, 0.6) is 5.75 Å². The van der Waals surface area contributed by atoms with E-state index in [1.54, 1.807) is 6.07 Å². The number of nitrogens with zero attached hydrogens (tertiary/aromatic N) is 5. The summed E-state index contributed by atoms with van der Waals surface area (Å²) in [6.45, 7) is 3.49. The molecule has 3 rings (SSSR count). The first-order chi connectivity index (χ1) is 11.5. The molecule has 128 valence electrons.